The van der Waals surface area contributed by atoms with Crippen molar-refractivity contribution in [2.24, 2.45) is 0 Å². The summed E-state index contributed by atoms with van der Waals surface area (Å²) in [5, 5.41) is 0. The van der Waals surface area contributed by atoms with Crippen molar-refractivity contribution in [3.63, 3.8) is 0 Å². The van der Waals surface area contributed by atoms with Crippen molar-refractivity contribution < 1.29 is 17.9 Å². The van der Waals surface area contributed by atoms with Crippen LogP contribution in [-0.4, -0.2) is 49.8 Å². The minimum atomic E-state index is -3.86. The van der Waals surface area contributed by atoms with E-state index < -0.39 is 10.0 Å². The molecular weight excluding hydrogens is 436 g/mol. The van der Waals surface area contributed by atoms with E-state index in [-0.39, 0.29) is 23.9 Å². The van der Waals surface area contributed by atoms with Crippen LogP contribution in [0, 0.1) is 6.92 Å². The number of hydrogen-bond acceptors (Lipinski definition) is 4. The second-order valence-electron chi connectivity index (χ2n) is 8.13. The Morgan fingerprint density at radius 1 is 0.879 bits per heavy atom. The van der Waals surface area contributed by atoms with Gasteiger partial charge in [0.2, 0.25) is 10.0 Å². The lowest BCUT2D eigenvalue weighted by atomic mass is 10.1. The highest BCUT2D eigenvalue weighted by Crippen LogP contribution is 2.24. The fourth-order valence-corrected chi connectivity index (χ4v) is 5.32. The number of aryl methyl sites for hydroxylation is 1. The molecule has 33 heavy (non-hydrogen) atoms. The van der Waals surface area contributed by atoms with Crippen LogP contribution in [0.2, 0.25) is 0 Å². The molecule has 172 valence electrons. The van der Waals surface area contributed by atoms with Crippen molar-refractivity contribution in [1.82, 2.24) is 9.21 Å². The van der Waals surface area contributed by atoms with Gasteiger partial charge in [0, 0.05) is 31.7 Å². The SMILES string of the molecule is Cc1ccc(S(=O)(=O)N(Cc2ccccc2)Cc2ccccc2)cc1C(=O)N1CCOCC1. The summed E-state index contributed by atoms with van der Waals surface area (Å²) in [6, 6.07) is 23.9. The number of ether oxygens (including phenoxy) is 1. The molecular formula is C26H28N2O4S. The van der Waals surface area contributed by atoms with Gasteiger partial charge >= 0.3 is 0 Å². The summed E-state index contributed by atoms with van der Waals surface area (Å²) in [6.45, 7) is 4.29. The van der Waals surface area contributed by atoms with Crippen molar-refractivity contribution in [1.29, 1.82) is 0 Å². The first-order valence-corrected chi connectivity index (χ1v) is 12.4. The number of carbonyl (C=O) groups excluding carboxylic acids is 1. The van der Waals surface area contributed by atoms with Crippen LogP contribution < -0.4 is 0 Å². The first kappa shape index (κ1) is 23.2. The summed E-state index contributed by atoms with van der Waals surface area (Å²) in [6.07, 6.45) is 0. The molecule has 0 aromatic heterocycles. The number of benzene rings is 3. The second-order valence-corrected chi connectivity index (χ2v) is 10.1. The molecule has 3 aromatic rings. The average molecular weight is 465 g/mol. The van der Waals surface area contributed by atoms with Crippen LogP contribution in [0.1, 0.15) is 27.0 Å². The lowest BCUT2D eigenvalue weighted by molar-refractivity contribution is 0.0302. The standard InChI is InChI=1S/C26H28N2O4S/c1-21-12-13-24(18-25(21)26(29)27-14-16-32-17-15-27)33(30,31)28(19-22-8-4-2-5-9-22)20-23-10-6-3-7-11-23/h2-13,18H,14-17,19-20H2,1H3. The second kappa shape index (κ2) is 10.3. The van der Waals surface area contributed by atoms with E-state index in [1.54, 1.807) is 17.0 Å². The lowest BCUT2D eigenvalue weighted by Crippen LogP contribution is -2.41. The Bertz CT molecular complexity index is 1150. The summed E-state index contributed by atoms with van der Waals surface area (Å²) in [5.41, 5.74) is 2.96. The Kier molecular flexibility index (Phi) is 7.23. The van der Waals surface area contributed by atoms with Gasteiger partial charge in [-0.25, -0.2) is 8.42 Å². The van der Waals surface area contributed by atoms with Gasteiger partial charge in [0.15, 0.2) is 0 Å². The minimum absolute atomic E-state index is 0.122. The Morgan fingerprint density at radius 3 is 1.97 bits per heavy atom. The molecule has 0 saturated carbocycles. The monoisotopic (exact) mass is 464 g/mol. The van der Waals surface area contributed by atoms with Gasteiger partial charge in [0.1, 0.15) is 0 Å². The number of sulfonamides is 1. The number of carbonyl (C=O) groups is 1. The molecule has 0 spiro atoms. The molecule has 1 heterocycles. The van der Waals surface area contributed by atoms with E-state index in [4.69, 9.17) is 4.74 Å². The van der Waals surface area contributed by atoms with Crippen LogP contribution >= 0.6 is 0 Å². The molecule has 1 fully saturated rings. The molecule has 4 rings (SSSR count). The number of morpholine rings is 1. The van der Waals surface area contributed by atoms with Crippen molar-refractivity contribution in [2.75, 3.05) is 26.3 Å². The average Bonchev–Trinajstić information content (AvgIpc) is 2.85. The van der Waals surface area contributed by atoms with E-state index in [1.807, 2.05) is 67.6 Å². The van der Waals surface area contributed by atoms with Gasteiger partial charge in [-0.1, -0.05) is 66.7 Å². The van der Waals surface area contributed by atoms with Gasteiger partial charge in [-0.3, -0.25) is 4.79 Å². The van der Waals surface area contributed by atoms with E-state index in [0.717, 1.165) is 16.7 Å². The molecule has 6 nitrogen and oxygen atoms in total. The molecule has 1 saturated heterocycles. The molecule has 1 aliphatic heterocycles. The zero-order valence-electron chi connectivity index (χ0n) is 18.7. The van der Waals surface area contributed by atoms with Gasteiger partial charge in [0.05, 0.1) is 18.1 Å². The highest BCUT2D eigenvalue weighted by atomic mass is 32.2. The number of nitrogens with zero attached hydrogens (tertiary/aromatic N) is 2. The maximum absolute atomic E-state index is 13.8. The van der Waals surface area contributed by atoms with Gasteiger partial charge in [0.25, 0.3) is 5.91 Å². The third-order valence-electron chi connectivity index (χ3n) is 5.78. The maximum Gasteiger partial charge on any atom is 0.254 e. The lowest BCUT2D eigenvalue weighted by Gasteiger charge is -2.28. The summed E-state index contributed by atoms with van der Waals surface area (Å²) >= 11 is 0. The van der Waals surface area contributed by atoms with E-state index in [0.29, 0.717) is 31.9 Å². The number of amides is 1. The largest absolute Gasteiger partial charge is 0.378 e. The van der Waals surface area contributed by atoms with Gasteiger partial charge in [-0.2, -0.15) is 4.31 Å². The maximum atomic E-state index is 13.8. The van der Waals surface area contributed by atoms with Crippen molar-refractivity contribution in [3.8, 4) is 0 Å². The summed E-state index contributed by atoms with van der Waals surface area (Å²) in [7, 11) is -3.86. The van der Waals surface area contributed by atoms with Crippen LogP contribution in [0.5, 0.6) is 0 Å². The first-order chi connectivity index (χ1) is 15.9. The molecule has 3 aromatic carbocycles. The van der Waals surface area contributed by atoms with Gasteiger partial charge in [-0.05, 0) is 35.7 Å². The van der Waals surface area contributed by atoms with Crippen LogP contribution in [-0.2, 0) is 27.8 Å². The van der Waals surface area contributed by atoms with Crippen LogP contribution in [0.4, 0.5) is 0 Å². The molecule has 7 heteroatoms. The molecule has 0 N–H and O–H groups in total. The van der Waals surface area contributed by atoms with Crippen molar-refractivity contribution >= 4 is 15.9 Å². The molecule has 1 aliphatic rings. The third-order valence-corrected chi connectivity index (χ3v) is 7.57. The zero-order chi connectivity index (χ0) is 23.3. The number of hydrogen-bond donors (Lipinski definition) is 0. The topological polar surface area (TPSA) is 66.9 Å². The fourth-order valence-electron chi connectivity index (χ4n) is 3.88. The van der Waals surface area contributed by atoms with E-state index >= 15 is 0 Å². The first-order valence-electron chi connectivity index (χ1n) is 11.0. The Labute approximate surface area is 195 Å². The molecule has 0 aliphatic carbocycles. The van der Waals surface area contributed by atoms with Gasteiger partial charge < -0.3 is 9.64 Å². The summed E-state index contributed by atoms with van der Waals surface area (Å²) < 4.78 is 34.4. The molecule has 0 radical (unpaired) electrons. The van der Waals surface area contributed by atoms with Crippen LogP contribution in [0.15, 0.2) is 83.8 Å². The molecule has 0 bridgehead atoms. The highest BCUT2D eigenvalue weighted by molar-refractivity contribution is 7.89. The predicted octanol–water partition coefficient (Wildman–Crippen LogP) is 3.86. The Balaban J connectivity index is 1.68. The molecule has 0 unspecified atom stereocenters. The van der Waals surface area contributed by atoms with E-state index in [1.165, 1.54) is 10.4 Å². The third kappa shape index (κ3) is 5.50. The van der Waals surface area contributed by atoms with Crippen molar-refractivity contribution in [2.45, 2.75) is 24.9 Å². The summed E-state index contributed by atoms with van der Waals surface area (Å²) in [5.74, 6) is -0.162. The smallest absolute Gasteiger partial charge is 0.254 e. The van der Waals surface area contributed by atoms with Crippen LogP contribution in [0.3, 0.4) is 0 Å². The predicted molar refractivity (Wildman–Crippen MR) is 127 cm³/mol. The van der Waals surface area contributed by atoms with E-state index in [9.17, 15) is 13.2 Å². The molecule has 0 atom stereocenters. The fraction of sp³-hybridized carbons (Fsp3) is 0.269. The summed E-state index contributed by atoms with van der Waals surface area (Å²) in [4.78, 5) is 15.0. The van der Waals surface area contributed by atoms with Crippen molar-refractivity contribution in [3.05, 3.63) is 101 Å². The number of rotatable bonds is 7. The van der Waals surface area contributed by atoms with E-state index in [2.05, 4.69) is 0 Å². The van der Waals surface area contributed by atoms with Crippen LogP contribution in [0.25, 0.3) is 0 Å². The quantitative estimate of drug-likeness (QED) is 0.533. The Hall–Kier alpha value is -3.00. The minimum Gasteiger partial charge on any atom is -0.378 e. The van der Waals surface area contributed by atoms with Gasteiger partial charge in [-0.15, -0.1) is 0 Å². The zero-order valence-corrected chi connectivity index (χ0v) is 19.5. The molecule has 1 amide bonds. The highest BCUT2D eigenvalue weighted by Gasteiger charge is 2.28. The Morgan fingerprint density at radius 2 is 1.42 bits per heavy atom. The normalized spacial score (nSPS) is 14.4.